The molecule has 8 nitrogen and oxygen atoms in total. The zero-order valence-electron chi connectivity index (χ0n) is 16.5. The number of rotatable bonds is 6. The van der Waals surface area contributed by atoms with Gasteiger partial charge in [-0.2, -0.15) is 0 Å². The molecule has 0 spiro atoms. The summed E-state index contributed by atoms with van der Waals surface area (Å²) in [6.07, 6.45) is -0.146. The fraction of sp³-hybridized carbons (Fsp3) is 0.238. The van der Waals surface area contributed by atoms with Gasteiger partial charge in [0.15, 0.2) is 6.61 Å². The molecule has 1 heterocycles. The Morgan fingerprint density at radius 1 is 1.16 bits per heavy atom. The number of ether oxygens (including phenoxy) is 1. The minimum absolute atomic E-state index is 0.0753. The van der Waals surface area contributed by atoms with Crippen LogP contribution < -0.4 is 10.7 Å². The first-order valence-electron chi connectivity index (χ1n) is 9.32. The minimum atomic E-state index is -0.805. The standard InChI is InChI=1S/C21H19Cl2N3O5/c1-12-3-2-4-15(7-12)24-18(27)11-31-21(30)13-8-19(28)26(10-13)25-20(29)16-6-5-14(22)9-17(16)23/h2-7,9,13H,8,10-11H2,1H3,(H,24,27)(H,25,29)/t13-/m0/s1. The molecule has 0 saturated carbocycles. The lowest BCUT2D eigenvalue weighted by atomic mass is 10.1. The van der Waals surface area contributed by atoms with Crippen LogP contribution in [0.3, 0.4) is 0 Å². The smallest absolute Gasteiger partial charge is 0.311 e. The van der Waals surface area contributed by atoms with Gasteiger partial charge in [0.2, 0.25) is 5.91 Å². The Labute approximate surface area is 188 Å². The first-order chi connectivity index (χ1) is 14.7. The van der Waals surface area contributed by atoms with Crippen molar-refractivity contribution in [2.75, 3.05) is 18.5 Å². The van der Waals surface area contributed by atoms with Gasteiger partial charge in [0.05, 0.1) is 23.0 Å². The van der Waals surface area contributed by atoms with Gasteiger partial charge in [-0.3, -0.25) is 29.6 Å². The van der Waals surface area contributed by atoms with Crippen molar-refractivity contribution in [3.8, 4) is 0 Å². The molecule has 10 heteroatoms. The Morgan fingerprint density at radius 3 is 2.65 bits per heavy atom. The van der Waals surface area contributed by atoms with Gasteiger partial charge < -0.3 is 10.1 Å². The highest BCUT2D eigenvalue weighted by Crippen LogP contribution is 2.22. The number of aryl methyl sites for hydroxylation is 1. The number of hydrazine groups is 1. The van der Waals surface area contributed by atoms with Gasteiger partial charge in [-0.1, -0.05) is 35.3 Å². The van der Waals surface area contributed by atoms with Gasteiger partial charge >= 0.3 is 5.97 Å². The van der Waals surface area contributed by atoms with E-state index in [1.807, 2.05) is 13.0 Å². The first kappa shape index (κ1) is 22.6. The van der Waals surface area contributed by atoms with Gasteiger partial charge in [-0.15, -0.1) is 0 Å². The molecule has 162 valence electrons. The van der Waals surface area contributed by atoms with Gasteiger partial charge in [-0.05, 0) is 42.8 Å². The molecule has 1 fully saturated rings. The Balaban J connectivity index is 1.50. The summed E-state index contributed by atoms with van der Waals surface area (Å²) in [6.45, 7) is 1.33. The second-order valence-corrected chi connectivity index (χ2v) is 7.84. The molecule has 1 saturated heterocycles. The van der Waals surface area contributed by atoms with Crippen molar-refractivity contribution in [2.24, 2.45) is 5.92 Å². The third-order valence-corrected chi connectivity index (χ3v) is 5.07. The second kappa shape index (κ2) is 9.80. The maximum Gasteiger partial charge on any atom is 0.311 e. The molecule has 2 aromatic rings. The lowest BCUT2D eigenvalue weighted by molar-refractivity contribution is -0.151. The Morgan fingerprint density at radius 2 is 1.94 bits per heavy atom. The molecule has 31 heavy (non-hydrogen) atoms. The summed E-state index contributed by atoms with van der Waals surface area (Å²) in [6, 6.07) is 11.5. The zero-order valence-corrected chi connectivity index (χ0v) is 18.0. The van der Waals surface area contributed by atoms with Crippen molar-refractivity contribution in [1.82, 2.24) is 10.4 Å². The largest absolute Gasteiger partial charge is 0.455 e. The van der Waals surface area contributed by atoms with E-state index in [9.17, 15) is 19.2 Å². The summed E-state index contributed by atoms with van der Waals surface area (Å²) >= 11 is 11.8. The summed E-state index contributed by atoms with van der Waals surface area (Å²) in [4.78, 5) is 48.8. The molecular weight excluding hydrogens is 445 g/mol. The number of esters is 1. The van der Waals surface area contributed by atoms with Crippen molar-refractivity contribution < 1.29 is 23.9 Å². The van der Waals surface area contributed by atoms with Crippen molar-refractivity contribution in [1.29, 1.82) is 0 Å². The van der Waals surface area contributed by atoms with E-state index in [1.165, 1.54) is 18.2 Å². The predicted octanol–water partition coefficient (Wildman–Crippen LogP) is 2.98. The number of halogens is 2. The molecular formula is C21H19Cl2N3O5. The van der Waals surface area contributed by atoms with Gasteiger partial charge in [0, 0.05) is 17.1 Å². The van der Waals surface area contributed by atoms with E-state index in [-0.39, 0.29) is 23.6 Å². The van der Waals surface area contributed by atoms with E-state index in [4.69, 9.17) is 27.9 Å². The lowest BCUT2D eigenvalue weighted by Gasteiger charge is -2.18. The summed E-state index contributed by atoms with van der Waals surface area (Å²) in [5, 5.41) is 4.16. The van der Waals surface area contributed by atoms with Crippen LogP contribution in [0.5, 0.6) is 0 Å². The average Bonchev–Trinajstić information content (AvgIpc) is 3.06. The highest BCUT2D eigenvalue weighted by molar-refractivity contribution is 6.36. The van der Waals surface area contributed by atoms with Crippen LogP contribution in [-0.4, -0.2) is 41.9 Å². The number of carbonyl (C=O) groups excluding carboxylic acids is 4. The quantitative estimate of drug-likeness (QED) is 0.640. The maximum absolute atomic E-state index is 12.4. The van der Waals surface area contributed by atoms with Crippen LogP contribution in [0.4, 0.5) is 5.69 Å². The number of amides is 3. The minimum Gasteiger partial charge on any atom is -0.455 e. The van der Waals surface area contributed by atoms with E-state index in [0.717, 1.165) is 10.6 Å². The molecule has 1 atom stereocenters. The number of anilines is 1. The fourth-order valence-corrected chi connectivity index (χ4v) is 3.50. The van der Waals surface area contributed by atoms with Crippen LogP contribution in [0.2, 0.25) is 10.0 Å². The molecule has 3 rings (SSSR count). The summed E-state index contributed by atoms with van der Waals surface area (Å²) < 4.78 is 5.03. The second-order valence-electron chi connectivity index (χ2n) is 7.00. The third kappa shape index (κ3) is 5.96. The molecule has 1 aliphatic heterocycles. The fourth-order valence-electron chi connectivity index (χ4n) is 3.00. The number of hydrogen-bond donors (Lipinski definition) is 2. The molecule has 3 amide bonds. The van der Waals surface area contributed by atoms with Crippen LogP contribution in [0.1, 0.15) is 22.3 Å². The highest BCUT2D eigenvalue weighted by Gasteiger charge is 2.37. The number of carbonyl (C=O) groups is 4. The SMILES string of the molecule is Cc1cccc(NC(=O)COC(=O)[C@H]2CC(=O)N(NC(=O)c3ccc(Cl)cc3Cl)C2)c1. The van der Waals surface area contributed by atoms with Crippen molar-refractivity contribution >= 4 is 52.6 Å². The summed E-state index contributed by atoms with van der Waals surface area (Å²) in [5.74, 6) is -3.06. The van der Waals surface area contributed by atoms with Crippen molar-refractivity contribution in [2.45, 2.75) is 13.3 Å². The van der Waals surface area contributed by atoms with E-state index in [2.05, 4.69) is 10.7 Å². The highest BCUT2D eigenvalue weighted by atomic mass is 35.5. The molecule has 0 aliphatic carbocycles. The van der Waals surface area contributed by atoms with Crippen LogP contribution in [0.25, 0.3) is 0 Å². The topological polar surface area (TPSA) is 105 Å². The van der Waals surface area contributed by atoms with Gasteiger partial charge in [-0.25, -0.2) is 0 Å². The van der Waals surface area contributed by atoms with Crippen molar-refractivity contribution in [3.63, 3.8) is 0 Å². The van der Waals surface area contributed by atoms with Crippen LogP contribution in [0, 0.1) is 12.8 Å². The summed E-state index contributed by atoms with van der Waals surface area (Å²) in [7, 11) is 0. The molecule has 2 N–H and O–H groups in total. The van der Waals surface area contributed by atoms with E-state index < -0.39 is 36.2 Å². The third-order valence-electron chi connectivity index (χ3n) is 4.52. The van der Waals surface area contributed by atoms with Crippen LogP contribution in [0.15, 0.2) is 42.5 Å². The number of hydrogen-bond acceptors (Lipinski definition) is 5. The average molecular weight is 464 g/mol. The van der Waals surface area contributed by atoms with E-state index >= 15 is 0 Å². The Hall–Kier alpha value is -3.10. The summed E-state index contributed by atoms with van der Waals surface area (Å²) in [5.41, 5.74) is 4.12. The van der Waals surface area contributed by atoms with Gasteiger partial charge in [0.1, 0.15) is 0 Å². The Bertz CT molecular complexity index is 1040. The molecule has 0 bridgehead atoms. The molecule has 2 aromatic carbocycles. The molecule has 1 aliphatic rings. The monoisotopic (exact) mass is 463 g/mol. The van der Waals surface area contributed by atoms with Crippen LogP contribution in [-0.2, 0) is 19.1 Å². The number of benzene rings is 2. The first-order valence-corrected chi connectivity index (χ1v) is 10.1. The number of nitrogens with one attached hydrogen (secondary N) is 2. The molecule has 0 unspecified atom stereocenters. The molecule has 0 radical (unpaired) electrons. The maximum atomic E-state index is 12.4. The van der Waals surface area contributed by atoms with Gasteiger partial charge in [0.25, 0.3) is 11.8 Å². The van der Waals surface area contributed by atoms with Crippen LogP contribution >= 0.6 is 23.2 Å². The Kier molecular flexibility index (Phi) is 7.14. The molecule has 0 aromatic heterocycles. The predicted molar refractivity (Wildman–Crippen MR) is 115 cm³/mol. The van der Waals surface area contributed by atoms with E-state index in [1.54, 1.807) is 18.2 Å². The van der Waals surface area contributed by atoms with Crippen molar-refractivity contribution in [3.05, 3.63) is 63.6 Å². The lowest BCUT2D eigenvalue weighted by Crippen LogP contribution is -2.43. The number of nitrogens with zero attached hydrogens (tertiary/aromatic N) is 1. The zero-order chi connectivity index (χ0) is 22.5. The normalized spacial score (nSPS) is 15.5. The van der Waals surface area contributed by atoms with E-state index in [0.29, 0.717) is 10.7 Å².